The minimum absolute atomic E-state index is 0.219. The summed E-state index contributed by atoms with van der Waals surface area (Å²) in [6, 6.07) is 9.35. The van der Waals surface area contributed by atoms with Crippen molar-refractivity contribution in [2.24, 2.45) is 0 Å². The van der Waals surface area contributed by atoms with Gasteiger partial charge in [0, 0.05) is 5.56 Å². The number of nitrogens with zero attached hydrogens (tertiary/aromatic N) is 1. The molecular weight excluding hydrogens is 190 g/mol. The van der Waals surface area contributed by atoms with Crippen molar-refractivity contribution in [3.8, 4) is 0 Å². The maximum atomic E-state index is 11.0. The molecule has 0 radical (unpaired) electrons. The summed E-state index contributed by atoms with van der Waals surface area (Å²) < 4.78 is 0. The lowest BCUT2D eigenvalue weighted by molar-refractivity contribution is -0.383. The molecule has 0 amide bonds. The Kier molecular flexibility index (Phi) is 2.15. The largest absolute Gasteiger partial charge is 0.280 e. The third-order valence-electron chi connectivity index (χ3n) is 2.64. The van der Waals surface area contributed by atoms with Crippen molar-refractivity contribution >= 4 is 16.5 Å². The zero-order chi connectivity index (χ0) is 11.0. The van der Waals surface area contributed by atoms with Crippen molar-refractivity contribution < 1.29 is 4.92 Å². The van der Waals surface area contributed by atoms with Crippen LogP contribution in [0.15, 0.2) is 30.3 Å². The minimum atomic E-state index is -0.308. The second kappa shape index (κ2) is 3.35. The third-order valence-corrected chi connectivity index (χ3v) is 2.64. The molecule has 0 saturated heterocycles. The first kappa shape index (κ1) is 9.65. The molecule has 0 aliphatic carbocycles. The van der Waals surface area contributed by atoms with E-state index in [0.717, 1.165) is 16.3 Å². The van der Waals surface area contributed by atoms with Gasteiger partial charge < -0.3 is 0 Å². The standard InChI is InChI=1S/C12H11NO2/c1-8-4-3-5-11-10(8)7-6-9(2)12(11)13(14)15/h3-7H,1-2H3. The van der Waals surface area contributed by atoms with Crippen LogP contribution in [0.5, 0.6) is 0 Å². The van der Waals surface area contributed by atoms with Gasteiger partial charge in [0.1, 0.15) is 0 Å². The van der Waals surface area contributed by atoms with Gasteiger partial charge in [-0.2, -0.15) is 0 Å². The van der Waals surface area contributed by atoms with Crippen LogP contribution in [0, 0.1) is 24.0 Å². The Bertz CT molecular complexity index is 547. The second-order valence-electron chi connectivity index (χ2n) is 3.66. The Hall–Kier alpha value is -1.90. The van der Waals surface area contributed by atoms with E-state index in [0.29, 0.717) is 5.56 Å². The van der Waals surface area contributed by atoms with Crippen LogP contribution >= 0.6 is 0 Å². The number of hydrogen-bond donors (Lipinski definition) is 0. The average Bonchev–Trinajstić information content (AvgIpc) is 2.17. The summed E-state index contributed by atoms with van der Waals surface area (Å²) in [6.07, 6.45) is 0. The van der Waals surface area contributed by atoms with Crippen LogP contribution in [0.2, 0.25) is 0 Å². The Labute approximate surface area is 87.5 Å². The van der Waals surface area contributed by atoms with Gasteiger partial charge in [-0.25, -0.2) is 0 Å². The molecule has 0 aliphatic heterocycles. The van der Waals surface area contributed by atoms with Crippen LogP contribution in [0.1, 0.15) is 11.1 Å². The van der Waals surface area contributed by atoms with Gasteiger partial charge in [-0.1, -0.05) is 24.3 Å². The molecule has 0 spiro atoms. The summed E-state index contributed by atoms with van der Waals surface area (Å²) in [7, 11) is 0. The van der Waals surface area contributed by atoms with E-state index in [2.05, 4.69) is 0 Å². The molecule has 76 valence electrons. The lowest BCUT2D eigenvalue weighted by Crippen LogP contribution is -1.93. The monoisotopic (exact) mass is 201 g/mol. The number of aryl methyl sites for hydroxylation is 2. The van der Waals surface area contributed by atoms with Gasteiger partial charge in [0.2, 0.25) is 0 Å². The molecule has 0 bridgehead atoms. The molecule has 2 aromatic carbocycles. The van der Waals surface area contributed by atoms with E-state index in [-0.39, 0.29) is 10.6 Å². The number of nitro benzene ring substituents is 1. The normalized spacial score (nSPS) is 10.5. The van der Waals surface area contributed by atoms with Crippen LogP contribution in [0.4, 0.5) is 5.69 Å². The lowest BCUT2D eigenvalue weighted by Gasteiger charge is -2.04. The highest BCUT2D eigenvalue weighted by molar-refractivity contribution is 5.94. The maximum Gasteiger partial charge on any atom is 0.280 e. The van der Waals surface area contributed by atoms with Crippen molar-refractivity contribution in [2.45, 2.75) is 13.8 Å². The van der Waals surface area contributed by atoms with Crippen molar-refractivity contribution in [2.75, 3.05) is 0 Å². The molecular formula is C12H11NO2. The highest BCUT2D eigenvalue weighted by Gasteiger charge is 2.15. The molecule has 0 aromatic heterocycles. The SMILES string of the molecule is Cc1ccc2c(C)cccc2c1[N+](=O)[O-]. The molecule has 0 heterocycles. The number of rotatable bonds is 1. The molecule has 2 rings (SSSR count). The average molecular weight is 201 g/mol. The van der Waals surface area contributed by atoms with Crippen molar-refractivity contribution in [1.29, 1.82) is 0 Å². The van der Waals surface area contributed by atoms with Crippen LogP contribution < -0.4 is 0 Å². The van der Waals surface area contributed by atoms with Gasteiger partial charge in [-0.3, -0.25) is 10.1 Å². The molecule has 0 saturated carbocycles. The fourth-order valence-corrected chi connectivity index (χ4v) is 1.85. The fourth-order valence-electron chi connectivity index (χ4n) is 1.85. The van der Waals surface area contributed by atoms with Gasteiger partial charge in [0.25, 0.3) is 5.69 Å². The predicted molar refractivity (Wildman–Crippen MR) is 60.1 cm³/mol. The van der Waals surface area contributed by atoms with E-state index in [1.54, 1.807) is 19.1 Å². The van der Waals surface area contributed by atoms with Crippen LogP contribution in [0.25, 0.3) is 10.8 Å². The van der Waals surface area contributed by atoms with E-state index in [9.17, 15) is 10.1 Å². The van der Waals surface area contributed by atoms with Crippen molar-refractivity contribution in [3.63, 3.8) is 0 Å². The summed E-state index contributed by atoms with van der Waals surface area (Å²) in [5.41, 5.74) is 1.99. The number of benzene rings is 2. The molecule has 0 N–H and O–H groups in total. The van der Waals surface area contributed by atoms with E-state index in [4.69, 9.17) is 0 Å². The Morgan fingerprint density at radius 3 is 2.40 bits per heavy atom. The van der Waals surface area contributed by atoms with Gasteiger partial charge in [0.05, 0.1) is 10.3 Å². The smallest absolute Gasteiger partial charge is 0.258 e. The minimum Gasteiger partial charge on any atom is -0.258 e. The Morgan fingerprint density at radius 2 is 1.73 bits per heavy atom. The van der Waals surface area contributed by atoms with E-state index >= 15 is 0 Å². The first-order valence-corrected chi connectivity index (χ1v) is 4.74. The molecule has 0 atom stereocenters. The van der Waals surface area contributed by atoms with E-state index in [1.807, 2.05) is 25.1 Å². The predicted octanol–water partition coefficient (Wildman–Crippen LogP) is 3.36. The number of hydrogen-bond acceptors (Lipinski definition) is 2. The molecule has 0 aliphatic rings. The van der Waals surface area contributed by atoms with Gasteiger partial charge in [0.15, 0.2) is 0 Å². The van der Waals surface area contributed by atoms with Gasteiger partial charge >= 0.3 is 0 Å². The van der Waals surface area contributed by atoms with Gasteiger partial charge in [-0.05, 0) is 30.9 Å². The molecule has 2 aromatic rings. The summed E-state index contributed by atoms with van der Waals surface area (Å²) in [5, 5.41) is 12.6. The summed E-state index contributed by atoms with van der Waals surface area (Å²) in [4.78, 5) is 10.6. The highest BCUT2D eigenvalue weighted by Crippen LogP contribution is 2.30. The van der Waals surface area contributed by atoms with Crippen molar-refractivity contribution in [1.82, 2.24) is 0 Å². The second-order valence-corrected chi connectivity index (χ2v) is 3.66. The number of nitro groups is 1. The molecule has 0 fully saturated rings. The first-order chi connectivity index (χ1) is 7.11. The number of fused-ring (bicyclic) bond motifs is 1. The van der Waals surface area contributed by atoms with Crippen LogP contribution in [-0.2, 0) is 0 Å². The molecule has 3 nitrogen and oxygen atoms in total. The zero-order valence-corrected chi connectivity index (χ0v) is 8.65. The molecule has 0 unspecified atom stereocenters. The topological polar surface area (TPSA) is 43.1 Å². The van der Waals surface area contributed by atoms with E-state index in [1.165, 1.54) is 0 Å². The highest BCUT2D eigenvalue weighted by atomic mass is 16.6. The fraction of sp³-hybridized carbons (Fsp3) is 0.167. The van der Waals surface area contributed by atoms with E-state index < -0.39 is 0 Å². The Balaban J connectivity index is 2.94. The van der Waals surface area contributed by atoms with Crippen LogP contribution in [-0.4, -0.2) is 4.92 Å². The summed E-state index contributed by atoms with van der Waals surface area (Å²) >= 11 is 0. The third kappa shape index (κ3) is 1.46. The lowest BCUT2D eigenvalue weighted by atomic mass is 10.0. The summed E-state index contributed by atoms with van der Waals surface area (Å²) in [6.45, 7) is 3.72. The summed E-state index contributed by atoms with van der Waals surface area (Å²) in [5.74, 6) is 0. The molecule has 3 heteroatoms. The maximum absolute atomic E-state index is 11.0. The quantitative estimate of drug-likeness (QED) is 0.524. The Morgan fingerprint density at radius 1 is 1.00 bits per heavy atom. The van der Waals surface area contributed by atoms with Crippen molar-refractivity contribution in [3.05, 3.63) is 51.6 Å². The molecule has 15 heavy (non-hydrogen) atoms. The first-order valence-electron chi connectivity index (χ1n) is 4.74. The zero-order valence-electron chi connectivity index (χ0n) is 8.65. The van der Waals surface area contributed by atoms with Gasteiger partial charge in [-0.15, -0.1) is 0 Å². The van der Waals surface area contributed by atoms with Crippen LogP contribution in [0.3, 0.4) is 0 Å².